The highest BCUT2D eigenvalue weighted by Crippen LogP contribution is 2.27. The summed E-state index contributed by atoms with van der Waals surface area (Å²) in [6, 6.07) is 12.3. The molecular weight excluding hydrogens is 324 g/mol. The highest BCUT2D eigenvalue weighted by molar-refractivity contribution is 9.10. The van der Waals surface area contributed by atoms with Crippen molar-refractivity contribution in [2.75, 3.05) is 11.9 Å². The molecule has 1 aromatic carbocycles. The summed E-state index contributed by atoms with van der Waals surface area (Å²) in [6.45, 7) is 5.21. The molecule has 0 aliphatic heterocycles. The fourth-order valence-electron chi connectivity index (χ4n) is 1.84. The Morgan fingerprint density at radius 1 is 1.26 bits per heavy atom. The second-order valence-electron chi connectivity index (χ2n) is 5.09. The summed E-state index contributed by atoms with van der Waals surface area (Å²) in [5.41, 5.74) is 1.33. The van der Waals surface area contributed by atoms with Crippen LogP contribution in [0.2, 0.25) is 5.02 Å². The van der Waals surface area contributed by atoms with E-state index in [1.54, 1.807) is 6.20 Å². The van der Waals surface area contributed by atoms with Gasteiger partial charge in [0.1, 0.15) is 5.82 Å². The van der Waals surface area contributed by atoms with Gasteiger partial charge in [-0.25, -0.2) is 4.98 Å². The summed E-state index contributed by atoms with van der Waals surface area (Å²) in [5, 5.41) is 3.99. The van der Waals surface area contributed by atoms with Crippen LogP contribution in [0.3, 0.4) is 0 Å². The Balaban J connectivity index is 2.09. The van der Waals surface area contributed by atoms with E-state index in [4.69, 9.17) is 11.6 Å². The van der Waals surface area contributed by atoms with Crippen molar-refractivity contribution in [2.24, 2.45) is 0 Å². The third kappa shape index (κ3) is 3.71. The van der Waals surface area contributed by atoms with Gasteiger partial charge in [0.2, 0.25) is 0 Å². The van der Waals surface area contributed by atoms with Gasteiger partial charge in [-0.1, -0.05) is 55.8 Å². The number of pyridine rings is 1. The summed E-state index contributed by atoms with van der Waals surface area (Å²) >= 11 is 9.34. The lowest BCUT2D eigenvalue weighted by atomic mass is 9.84. The molecule has 0 saturated heterocycles. The van der Waals surface area contributed by atoms with Crippen LogP contribution in [0.25, 0.3) is 0 Å². The van der Waals surface area contributed by atoms with E-state index in [0.717, 1.165) is 16.8 Å². The van der Waals surface area contributed by atoms with Crippen LogP contribution in [0.1, 0.15) is 19.4 Å². The molecule has 0 aliphatic carbocycles. The van der Waals surface area contributed by atoms with E-state index in [1.165, 1.54) is 5.56 Å². The van der Waals surface area contributed by atoms with Crippen LogP contribution in [-0.2, 0) is 5.41 Å². The van der Waals surface area contributed by atoms with Crippen molar-refractivity contribution in [1.82, 2.24) is 4.98 Å². The van der Waals surface area contributed by atoms with Crippen LogP contribution in [0.5, 0.6) is 0 Å². The molecule has 100 valence electrons. The lowest BCUT2D eigenvalue weighted by Crippen LogP contribution is -2.27. The minimum Gasteiger partial charge on any atom is -0.368 e. The lowest BCUT2D eigenvalue weighted by molar-refractivity contribution is 0.556. The number of benzene rings is 1. The molecular formula is C15H16BrClN2. The number of nitrogens with zero attached hydrogens (tertiary/aromatic N) is 1. The Labute approximate surface area is 127 Å². The van der Waals surface area contributed by atoms with Crippen LogP contribution in [0.15, 0.2) is 47.1 Å². The molecule has 0 saturated carbocycles. The zero-order valence-corrected chi connectivity index (χ0v) is 13.3. The Kier molecular flexibility index (Phi) is 4.48. The molecule has 2 rings (SSSR count). The maximum absolute atomic E-state index is 5.88. The van der Waals surface area contributed by atoms with Gasteiger partial charge in [-0.3, -0.25) is 0 Å². The molecule has 0 unspecified atom stereocenters. The predicted molar refractivity (Wildman–Crippen MR) is 84.9 cm³/mol. The van der Waals surface area contributed by atoms with Crippen LogP contribution in [0.4, 0.5) is 5.82 Å². The van der Waals surface area contributed by atoms with Gasteiger partial charge in [0.15, 0.2) is 0 Å². The molecule has 1 N–H and O–H groups in total. The van der Waals surface area contributed by atoms with Crippen LogP contribution < -0.4 is 5.32 Å². The Bertz CT molecular complexity index is 555. The fraction of sp³-hybridized carbons (Fsp3) is 0.267. The van der Waals surface area contributed by atoms with Gasteiger partial charge < -0.3 is 5.32 Å². The Morgan fingerprint density at radius 3 is 2.58 bits per heavy atom. The van der Waals surface area contributed by atoms with E-state index in [2.05, 4.69) is 64.3 Å². The van der Waals surface area contributed by atoms with Crippen LogP contribution in [-0.4, -0.2) is 11.5 Å². The van der Waals surface area contributed by atoms with Gasteiger partial charge in [-0.05, 0) is 27.6 Å². The average Bonchev–Trinajstić information content (AvgIpc) is 2.39. The lowest BCUT2D eigenvalue weighted by Gasteiger charge is -2.26. The van der Waals surface area contributed by atoms with Crippen molar-refractivity contribution in [3.8, 4) is 0 Å². The largest absolute Gasteiger partial charge is 0.368 e. The van der Waals surface area contributed by atoms with E-state index < -0.39 is 0 Å². The van der Waals surface area contributed by atoms with E-state index in [-0.39, 0.29) is 5.41 Å². The molecule has 0 atom stereocenters. The number of anilines is 1. The van der Waals surface area contributed by atoms with Crippen molar-refractivity contribution in [2.45, 2.75) is 19.3 Å². The second-order valence-corrected chi connectivity index (χ2v) is 6.38. The average molecular weight is 340 g/mol. The smallest absolute Gasteiger partial charge is 0.140 e. The number of rotatable bonds is 4. The maximum atomic E-state index is 5.88. The summed E-state index contributed by atoms with van der Waals surface area (Å²) in [5.74, 6) is 0.813. The zero-order valence-electron chi connectivity index (χ0n) is 11.0. The monoisotopic (exact) mass is 338 g/mol. The number of halogens is 2. The molecule has 0 radical (unpaired) electrons. The van der Waals surface area contributed by atoms with E-state index >= 15 is 0 Å². The molecule has 19 heavy (non-hydrogen) atoms. The summed E-state index contributed by atoms with van der Waals surface area (Å²) in [7, 11) is 0. The van der Waals surface area contributed by atoms with Gasteiger partial charge in [0.25, 0.3) is 0 Å². The molecule has 1 heterocycles. The van der Waals surface area contributed by atoms with E-state index in [9.17, 15) is 0 Å². The third-order valence-corrected chi connectivity index (χ3v) is 3.87. The van der Waals surface area contributed by atoms with Crippen molar-refractivity contribution in [3.63, 3.8) is 0 Å². The van der Waals surface area contributed by atoms with Gasteiger partial charge in [0.05, 0.1) is 9.50 Å². The van der Waals surface area contributed by atoms with Gasteiger partial charge >= 0.3 is 0 Å². The molecule has 1 aromatic heterocycles. The van der Waals surface area contributed by atoms with Crippen molar-refractivity contribution in [3.05, 3.63) is 57.7 Å². The number of hydrogen-bond donors (Lipinski definition) is 1. The zero-order chi connectivity index (χ0) is 13.9. The van der Waals surface area contributed by atoms with Crippen LogP contribution in [0, 0.1) is 0 Å². The standard InChI is InChI=1S/C15H16BrClN2/c1-15(2,11-6-4-3-5-7-11)10-19-14-13(16)8-12(17)9-18-14/h3-9H,10H2,1-2H3,(H,18,19). The maximum Gasteiger partial charge on any atom is 0.140 e. The first-order valence-electron chi connectivity index (χ1n) is 6.09. The van der Waals surface area contributed by atoms with Gasteiger partial charge in [-0.15, -0.1) is 0 Å². The molecule has 2 nitrogen and oxygen atoms in total. The van der Waals surface area contributed by atoms with E-state index in [0.29, 0.717) is 5.02 Å². The molecule has 0 fully saturated rings. The first-order chi connectivity index (χ1) is 8.99. The molecule has 4 heteroatoms. The SMILES string of the molecule is CC(C)(CNc1ncc(Cl)cc1Br)c1ccccc1. The first kappa shape index (κ1) is 14.4. The third-order valence-electron chi connectivity index (χ3n) is 3.06. The number of nitrogens with one attached hydrogen (secondary N) is 1. The predicted octanol–water partition coefficient (Wildman–Crippen LogP) is 4.89. The minimum atomic E-state index is 0.0298. The topological polar surface area (TPSA) is 24.9 Å². The normalized spacial score (nSPS) is 11.4. The van der Waals surface area contributed by atoms with E-state index in [1.807, 2.05) is 12.1 Å². The summed E-state index contributed by atoms with van der Waals surface area (Å²) in [6.07, 6.45) is 1.64. The Hall–Kier alpha value is -1.06. The second kappa shape index (κ2) is 5.93. The molecule has 0 bridgehead atoms. The van der Waals surface area contributed by atoms with Crippen molar-refractivity contribution in [1.29, 1.82) is 0 Å². The highest BCUT2D eigenvalue weighted by atomic mass is 79.9. The fourth-order valence-corrected chi connectivity index (χ4v) is 2.62. The molecule has 2 aromatic rings. The molecule has 0 aliphatic rings. The van der Waals surface area contributed by atoms with Crippen molar-refractivity contribution < 1.29 is 0 Å². The molecule has 0 spiro atoms. The van der Waals surface area contributed by atoms with Gasteiger partial charge in [-0.2, -0.15) is 0 Å². The van der Waals surface area contributed by atoms with Crippen molar-refractivity contribution >= 4 is 33.3 Å². The summed E-state index contributed by atoms with van der Waals surface area (Å²) in [4.78, 5) is 4.28. The summed E-state index contributed by atoms with van der Waals surface area (Å²) < 4.78 is 0.879. The highest BCUT2D eigenvalue weighted by Gasteiger charge is 2.20. The Morgan fingerprint density at radius 2 is 1.95 bits per heavy atom. The number of aromatic nitrogens is 1. The van der Waals surface area contributed by atoms with Gasteiger partial charge in [0, 0.05) is 18.2 Å². The van der Waals surface area contributed by atoms with Crippen LogP contribution >= 0.6 is 27.5 Å². The number of hydrogen-bond acceptors (Lipinski definition) is 2. The quantitative estimate of drug-likeness (QED) is 0.858. The first-order valence-corrected chi connectivity index (χ1v) is 7.26. The minimum absolute atomic E-state index is 0.0298. The molecule has 0 amide bonds.